The van der Waals surface area contributed by atoms with E-state index >= 15 is 0 Å². The van der Waals surface area contributed by atoms with Crippen molar-refractivity contribution >= 4 is 29.3 Å². The number of nitrogens with zero attached hydrogens (tertiary/aromatic N) is 1. The monoisotopic (exact) mass is 386 g/mol. The first kappa shape index (κ1) is 20.0. The highest BCUT2D eigenvalue weighted by Gasteiger charge is 2.07. The molecule has 0 saturated heterocycles. The third-order valence-electron chi connectivity index (χ3n) is 3.28. The predicted octanol–water partition coefficient (Wildman–Crippen LogP) is 2.53. The van der Waals surface area contributed by atoms with Gasteiger partial charge < -0.3 is 19.5 Å². The summed E-state index contributed by atoms with van der Waals surface area (Å²) in [4.78, 5) is 24.4. The summed E-state index contributed by atoms with van der Waals surface area (Å²) in [7, 11) is 1.48. The molecule has 7 nitrogen and oxygen atoms in total. The third kappa shape index (κ3) is 6.84. The second-order valence-corrected chi connectivity index (χ2v) is 6.19. The normalized spacial score (nSPS) is 10.2. The number of amides is 1. The molecule has 0 spiro atoms. The van der Waals surface area contributed by atoms with E-state index in [0.29, 0.717) is 23.6 Å². The van der Waals surface area contributed by atoms with Crippen molar-refractivity contribution in [3.05, 3.63) is 52.2 Å². The van der Waals surface area contributed by atoms with Gasteiger partial charge in [0.25, 0.3) is 5.91 Å². The fraction of sp³-hybridized carbons (Fsp3) is 0.211. The molecule has 0 aliphatic rings. The van der Waals surface area contributed by atoms with Crippen LogP contribution in [0.1, 0.15) is 10.4 Å². The first-order chi connectivity index (χ1) is 13.1. The number of carbonyl (C=O) groups excluding carboxylic acids is 2. The highest BCUT2D eigenvalue weighted by atomic mass is 32.1. The molecule has 0 aliphatic carbocycles. The number of nitrogens with one attached hydrogen (secondary N) is 1. The summed E-state index contributed by atoms with van der Waals surface area (Å²) in [5, 5.41) is 13.1. The van der Waals surface area contributed by atoms with Crippen LogP contribution in [-0.2, 0) is 20.9 Å². The Morgan fingerprint density at radius 1 is 1.30 bits per heavy atom. The summed E-state index contributed by atoms with van der Waals surface area (Å²) >= 11 is 1.53. The molecule has 0 aliphatic heterocycles. The summed E-state index contributed by atoms with van der Waals surface area (Å²) in [6, 6.07) is 10.7. The van der Waals surface area contributed by atoms with Crippen molar-refractivity contribution in [2.24, 2.45) is 0 Å². The maximum absolute atomic E-state index is 11.7. The Kier molecular flexibility index (Phi) is 7.88. The number of esters is 1. The number of ether oxygens (including phenoxy) is 3. The van der Waals surface area contributed by atoms with Crippen LogP contribution in [0.5, 0.6) is 11.5 Å². The molecule has 0 unspecified atom stereocenters. The van der Waals surface area contributed by atoms with Crippen molar-refractivity contribution in [1.82, 2.24) is 5.32 Å². The van der Waals surface area contributed by atoms with E-state index < -0.39 is 5.97 Å². The van der Waals surface area contributed by atoms with E-state index in [2.05, 4.69) is 5.32 Å². The fourth-order valence-electron chi connectivity index (χ4n) is 2.02. The summed E-state index contributed by atoms with van der Waals surface area (Å²) in [5.74, 6) is -0.134. The van der Waals surface area contributed by atoms with Gasteiger partial charge in [0, 0.05) is 11.0 Å². The molecule has 1 aromatic carbocycles. The van der Waals surface area contributed by atoms with Gasteiger partial charge in [0.1, 0.15) is 6.07 Å². The Balaban J connectivity index is 1.81. The highest BCUT2D eigenvalue weighted by Crippen LogP contribution is 2.28. The van der Waals surface area contributed by atoms with Gasteiger partial charge in [-0.1, -0.05) is 12.1 Å². The number of carbonyl (C=O) groups is 2. The molecule has 0 saturated carbocycles. The molecule has 0 radical (unpaired) electrons. The van der Waals surface area contributed by atoms with Crippen molar-refractivity contribution in [2.45, 2.75) is 6.54 Å². The minimum absolute atomic E-state index is 0.0909. The van der Waals surface area contributed by atoms with E-state index in [1.807, 2.05) is 23.6 Å². The Hall–Kier alpha value is -3.31. The third-order valence-corrected chi connectivity index (χ3v) is 4.15. The van der Waals surface area contributed by atoms with Crippen molar-refractivity contribution < 1.29 is 23.8 Å². The van der Waals surface area contributed by atoms with Crippen LogP contribution in [0.15, 0.2) is 41.8 Å². The van der Waals surface area contributed by atoms with Crippen LogP contribution in [0, 0.1) is 11.3 Å². The molecule has 8 heteroatoms. The van der Waals surface area contributed by atoms with E-state index in [9.17, 15) is 9.59 Å². The number of nitriles is 1. The summed E-state index contributed by atoms with van der Waals surface area (Å²) < 4.78 is 15.3. The molecule has 140 valence electrons. The molecular weight excluding hydrogens is 368 g/mol. The number of thiophene rings is 1. The van der Waals surface area contributed by atoms with Crippen LogP contribution in [0.25, 0.3) is 6.08 Å². The molecule has 0 fully saturated rings. The topological polar surface area (TPSA) is 97.7 Å². The van der Waals surface area contributed by atoms with Crippen molar-refractivity contribution in [3.63, 3.8) is 0 Å². The summed E-state index contributed by atoms with van der Waals surface area (Å²) in [5.41, 5.74) is 0.676. The van der Waals surface area contributed by atoms with Gasteiger partial charge in [0.15, 0.2) is 24.7 Å². The maximum atomic E-state index is 11.7. The lowest BCUT2D eigenvalue weighted by Gasteiger charge is -2.08. The van der Waals surface area contributed by atoms with E-state index in [1.54, 1.807) is 18.2 Å². The molecule has 0 atom stereocenters. The highest BCUT2D eigenvalue weighted by molar-refractivity contribution is 7.09. The van der Waals surface area contributed by atoms with Crippen LogP contribution < -0.4 is 14.8 Å². The SMILES string of the molecule is COc1cc(/C=C/C(=O)OCC(=O)NCc2cccs2)ccc1OCC#N. The number of methoxy groups -OCH3 is 1. The molecule has 0 bridgehead atoms. The molecule has 2 aromatic rings. The molecule has 1 amide bonds. The second kappa shape index (κ2) is 10.6. The average molecular weight is 386 g/mol. The van der Waals surface area contributed by atoms with Crippen molar-refractivity contribution in [3.8, 4) is 17.6 Å². The Morgan fingerprint density at radius 3 is 2.85 bits per heavy atom. The van der Waals surface area contributed by atoms with E-state index in [1.165, 1.54) is 30.6 Å². The Morgan fingerprint density at radius 2 is 2.15 bits per heavy atom. The molecular formula is C19H18N2O5S. The number of rotatable bonds is 9. The van der Waals surface area contributed by atoms with Gasteiger partial charge in [0.05, 0.1) is 13.7 Å². The zero-order chi connectivity index (χ0) is 19.5. The van der Waals surface area contributed by atoms with Crippen LogP contribution in [-0.4, -0.2) is 32.2 Å². The van der Waals surface area contributed by atoms with Gasteiger partial charge >= 0.3 is 5.97 Å². The average Bonchev–Trinajstić information content (AvgIpc) is 3.21. The number of benzene rings is 1. The number of hydrogen-bond donors (Lipinski definition) is 1. The maximum Gasteiger partial charge on any atom is 0.331 e. The lowest BCUT2D eigenvalue weighted by molar-refractivity contribution is -0.143. The quantitative estimate of drug-likeness (QED) is 0.525. The van der Waals surface area contributed by atoms with Gasteiger partial charge in [0.2, 0.25) is 0 Å². The van der Waals surface area contributed by atoms with Crippen molar-refractivity contribution in [1.29, 1.82) is 5.26 Å². The first-order valence-electron chi connectivity index (χ1n) is 7.94. The summed E-state index contributed by atoms with van der Waals surface area (Å²) in [6.45, 7) is -0.0326. The molecule has 27 heavy (non-hydrogen) atoms. The van der Waals surface area contributed by atoms with Crippen LogP contribution in [0.4, 0.5) is 0 Å². The molecule has 2 rings (SSSR count). The van der Waals surface area contributed by atoms with Gasteiger partial charge in [-0.3, -0.25) is 4.79 Å². The molecule has 1 aromatic heterocycles. The minimum atomic E-state index is -0.634. The molecule has 1 heterocycles. The first-order valence-corrected chi connectivity index (χ1v) is 8.82. The Bertz CT molecular complexity index is 840. The lowest BCUT2D eigenvalue weighted by atomic mass is 10.2. The van der Waals surface area contributed by atoms with Gasteiger partial charge in [-0.15, -0.1) is 11.3 Å². The van der Waals surface area contributed by atoms with Crippen molar-refractivity contribution in [2.75, 3.05) is 20.3 Å². The fourth-order valence-corrected chi connectivity index (χ4v) is 2.66. The van der Waals surface area contributed by atoms with E-state index in [0.717, 1.165) is 4.88 Å². The lowest BCUT2D eigenvalue weighted by Crippen LogP contribution is -2.27. The van der Waals surface area contributed by atoms with Crippen LogP contribution in [0.2, 0.25) is 0 Å². The molecule has 1 N–H and O–H groups in total. The van der Waals surface area contributed by atoms with E-state index in [-0.39, 0.29) is 19.1 Å². The van der Waals surface area contributed by atoms with Crippen LogP contribution >= 0.6 is 11.3 Å². The number of hydrogen-bond acceptors (Lipinski definition) is 7. The minimum Gasteiger partial charge on any atom is -0.493 e. The van der Waals surface area contributed by atoms with Crippen LogP contribution in [0.3, 0.4) is 0 Å². The smallest absolute Gasteiger partial charge is 0.331 e. The zero-order valence-electron chi connectivity index (χ0n) is 14.6. The summed E-state index contributed by atoms with van der Waals surface area (Å²) in [6.07, 6.45) is 2.75. The zero-order valence-corrected chi connectivity index (χ0v) is 15.5. The van der Waals surface area contributed by atoms with Gasteiger partial charge in [-0.25, -0.2) is 4.79 Å². The Labute approximate surface area is 160 Å². The van der Waals surface area contributed by atoms with Gasteiger partial charge in [-0.2, -0.15) is 5.26 Å². The van der Waals surface area contributed by atoms with E-state index in [4.69, 9.17) is 19.5 Å². The standard InChI is InChI=1S/C19H18N2O5S/c1-24-17-11-14(4-6-16(17)25-9-8-20)5-7-19(23)26-13-18(22)21-12-15-3-2-10-27-15/h2-7,10-11H,9,12-13H2,1H3,(H,21,22)/b7-5+. The largest absolute Gasteiger partial charge is 0.493 e. The second-order valence-electron chi connectivity index (χ2n) is 5.15. The predicted molar refractivity (Wildman–Crippen MR) is 100 cm³/mol. The van der Waals surface area contributed by atoms with Gasteiger partial charge in [-0.05, 0) is 35.2 Å².